The summed E-state index contributed by atoms with van der Waals surface area (Å²) in [5.74, 6) is 0.724. The Bertz CT molecular complexity index is 676. The molecule has 0 amide bonds. The Hall–Kier alpha value is -1.94. The summed E-state index contributed by atoms with van der Waals surface area (Å²) in [6, 6.07) is 11.8. The molecule has 4 nitrogen and oxygen atoms in total. The van der Waals surface area contributed by atoms with Gasteiger partial charge in [-0.3, -0.25) is 0 Å². The average molecular weight is 245 g/mol. The van der Waals surface area contributed by atoms with Crippen LogP contribution in [0.2, 0.25) is 5.15 Å². The Balaban J connectivity index is 2.27. The molecule has 0 N–H and O–H groups in total. The molecule has 5 heteroatoms. The van der Waals surface area contributed by atoms with Gasteiger partial charge in [0.15, 0.2) is 16.6 Å². The van der Waals surface area contributed by atoms with Gasteiger partial charge < -0.3 is 0 Å². The zero-order valence-electron chi connectivity index (χ0n) is 9.13. The summed E-state index contributed by atoms with van der Waals surface area (Å²) in [5, 5.41) is 12.7. The van der Waals surface area contributed by atoms with E-state index in [2.05, 4.69) is 15.3 Å². The molecule has 2 aromatic heterocycles. The Morgan fingerprint density at radius 2 is 1.88 bits per heavy atom. The normalized spacial score (nSPS) is 10.9. The zero-order chi connectivity index (χ0) is 11.8. The van der Waals surface area contributed by atoms with Crippen molar-refractivity contribution < 1.29 is 0 Å². The lowest BCUT2D eigenvalue weighted by Crippen LogP contribution is -1.96. The molecule has 0 saturated carbocycles. The third-order valence-electron chi connectivity index (χ3n) is 2.59. The number of benzene rings is 1. The van der Waals surface area contributed by atoms with Crippen LogP contribution in [-0.4, -0.2) is 19.8 Å². The zero-order valence-corrected chi connectivity index (χ0v) is 9.89. The van der Waals surface area contributed by atoms with Crippen molar-refractivity contribution in [3.63, 3.8) is 0 Å². The molecule has 0 fully saturated rings. The highest BCUT2D eigenvalue weighted by Gasteiger charge is 2.09. The standard InChI is InChI=1S/C12H9ClN4/c1-8-14-15-11-7-10(12(13)16-17(8)11)9-5-3-2-4-6-9/h2-7H,1H3. The number of nitrogens with zero attached hydrogens (tertiary/aromatic N) is 4. The van der Waals surface area contributed by atoms with Gasteiger partial charge in [0.2, 0.25) is 0 Å². The maximum Gasteiger partial charge on any atom is 0.178 e. The summed E-state index contributed by atoms with van der Waals surface area (Å²) in [7, 11) is 0. The molecule has 0 unspecified atom stereocenters. The van der Waals surface area contributed by atoms with Gasteiger partial charge in [-0.2, -0.15) is 9.61 Å². The van der Waals surface area contributed by atoms with Gasteiger partial charge in [-0.15, -0.1) is 10.2 Å². The lowest BCUT2D eigenvalue weighted by Gasteiger charge is -2.04. The summed E-state index contributed by atoms with van der Waals surface area (Å²) in [4.78, 5) is 0. The molecule has 0 aliphatic carbocycles. The van der Waals surface area contributed by atoms with Gasteiger partial charge in [-0.25, -0.2) is 0 Å². The first-order chi connectivity index (χ1) is 8.25. The monoisotopic (exact) mass is 244 g/mol. The first-order valence-corrected chi connectivity index (χ1v) is 5.57. The first kappa shape index (κ1) is 10.2. The predicted octanol–water partition coefficient (Wildman–Crippen LogP) is 2.75. The number of aryl methyl sites for hydroxylation is 1. The second-order valence-electron chi connectivity index (χ2n) is 3.73. The van der Waals surface area contributed by atoms with E-state index in [1.807, 2.05) is 43.3 Å². The van der Waals surface area contributed by atoms with Gasteiger partial charge in [0.1, 0.15) is 0 Å². The average Bonchev–Trinajstić information content (AvgIpc) is 2.71. The molecule has 84 valence electrons. The van der Waals surface area contributed by atoms with Crippen molar-refractivity contribution in [2.24, 2.45) is 0 Å². The van der Waals surface area contributed by atoms with Crippen LogP contribution in [-0.2, 0) is 0 Å². The van der Waals surface area contributed by atoms with Crippen molar-refractivity contribution in [2.45, 2.75) is 6.92 Å². The van der Waals surface area contributed by atoms with Gasteiger partial charge in [-0.1, -0.05) is 41.9 Å². The third kappa shape index (κ3) is 1.66. The first-order valence-electron chi connectivity index (χ1n) is 5.20. The highest BCUT2D eigenvalue weighted by molar-refractivity contribution is 6.32. The van der Waals surface area contributed by atoms with Crippen LogP contribution in [0.3, 0.4) is 0 Å². The summed E-state index contributed by atoms with van der Waals surface area (Å²) < 4.78 is 1.63. The molecule has 0 radical (unpaired) electrons. The molecule has 0 aliphatic rings. The molecule has 1 aromatic carbocycles. The minimum atomic E-state index is 0.451. The molecule has 2 heterocycles. The Labute approximate surface area is 103 Å². The van der Waals surface area contributed by atoms with Crippen LogP contribution in [0.25, 0.3) is 16.8 Å². The van der Waals surface area contributed by atoms with E-state index in [1.165, 1.54) is 0 Å². The summed E-state index contributed by atoms with van der Waals surface area (Å²) >= 11 is 6.18. The van der Waals surface area contributed by atoms with Crippen molar-refractivity contribution in [2.75, 3.05) is 0 Å². The molecule has 0 atom stereocenters. The Kier molecular flexibility index (Phi) is 2.30. The van der Waals surface area contributed by atoms with Crippen LogP contribution in [0.5, 0.6) is 0 Å². The fourth-order valence-electron chi connectivity index (χ4n) is 1.74. The van der Waals surface area contributed by atoms with Crippen LogP contribution in [0.1, 0.15) is 5.82 Å². The maximum absolute atomic E-state index is 6.18. The van der Waals surface area contributed by atoms with Crippen LogP contribution in [0.15, 0.2) is 36.4 Å². The minimum absolute atomic E-state index is 0.451. The van der Waals surface area contributed by atoms with E-state index in [-0.39, 0.29) is 0 Å². The number of halogens is 1. The highest BCUT2D eigenvalue weighted by Crippen LogP contribution is 2.26. The van der Waals surface area contributed by atoms with E-state index < -0.39 is 0 Å². The molecule has 17 heavy (non-hydrogen) atoms. The Morgan fingerprint density at radius 3 is 2.65 bits per heavy atom. The van der Waals surface area contributed by atoms with Gasteiger partial charge in [0.05, 0.1) is 0 Å². The second-order valence-corrected chi connectivity index (χ2v) is 4.09. The van der Waals surface area contributed by atoms with Gasteiger partial charge >= 0.3 is 0 Å². The van der Waals surface area contributed by atoms with Gasteiger partial charge in [0.25, 0.3) is 0 Å². The smallest absolute Gasteiger partial charge is 0.178 e. The molecular weight excluding hydrogens is 236 g/mol. The van der Waals surface area contributed by atoms with E-state index in [4.69, 9.17) is 11.6 Å². The molecule has 0 bridgehead atoms. The third-order valence-corrected chi connectivity index (χ3v) is 2.87. The van der Waals surface area contributed by atoms with Crippen LogP contribution in [0.4, 0.5) is 0 Å². The fraction of sp³-hybridized carbons (Fsp3) is 0.0833. The van der Waals surface area contributed by atoms with Crippen molar-refractivity contribution >= 4 is 17.2 Å². The lowest BCUT2D eigenvalue weighted by molar-refractivity contribution is 0.876. The summed E-state index contributed by atoms with van der Waals surface area (Å²) in [5.41, 5.74) is 2.59. The Morgan fingerprint density at radius 1 is 1.12 bits per heavy atom. The fourth-order valence-corrected chi connectivity index (χ4v) is 1.98. The molecule has 0 saturated heterocycles. The van der Waals surface area contributed by atoms with Crippen molar-refractivity contribution in [3.8, 4) is 11.1 Å². The largest absolute Gasteiger partial charge is 0.196 e. The van der Waals surface area contributed by atoms with Crippen molar-refractivity contribution in [3.05, 3.63) is 47.4 Å². The van der Waals surface area contributed by atoms with E-state index >= 15 is 0 Å². The summed E-state index contributed by atoms with van der Waals surface area (Å²) in [6.45, 7) is 1.84. The maximum atomic E-state index is 6.18. The molecule has 0 spiro atoms. The molecule has 3 rings (SSSR count). The number of hydrogen-bond donors (Lipinski definition) is 0. The highest BCUT2D eigenvalue weighted by atomic mass is 35.5. The predicted molar refractivity (Wildman–Crippen MR) is 66.0 cm³/mol. The molecular formula is C12H9ClN4. The van der Waals surface area contributed by atoms with E-state index in [1.54, 1.807) is 4.52 Å². The van der Waals surface area contributed by atoms with Gasteiger partial charge in [0, 0.05) is 5.56 Å². The van der Waals surface area contributed by atoms with Crippen LogP contribution in [0, 0.1) is 6.92 Å². The van der Waals surface area contributed by atoms with E-state index in [9.17, 15) is 0 Å². The quantitative estimate of drug-likeness (QED) is 0.661. The number of rotatable bonds is 1. The second kappa shape index (κ2) is 3.82. The lowest BCUT2D eigenvalue weighted by atomic mass is 10.1. The molecule has 3 aromatic rings. The van der Waals surface area contributed by atoms with Crippen LogP contribution >= 0.6 is 11.6 Å². The number of fused-ring (bicyclic) bond motifs is 1. The number of hydrogen-bond acceptors (Lipinski definition) is 3. The van der Waals surface area contributed by atoms with E-state index in [0.717, 1.165) is 17.0 Å². The number of aromatic nitrogens is 4. The van der Waals surface area contributed by atoms with Crippen molar-refractivity contribution in [1.29, 1.82) is 0 Å². The SMILES string of the molecule is Cc1nnc2cc(-c3ccccc3)c(Cl)nn12. The molecule has 0 aliphatic heterocycles. The van der Waals surface area contributed by atoms with Crippen molar-refractivity contribution in [1.82, 2.24) is 19.8 Å². The van der Waals surface area contributed by atoms with E-state index in [0.29, 0.717) is 10.8 Å². The summed E-state index contributed by atoms with van der Waals surface area (Å²) in [6.07, 6.45) is 0. The van der Waals surface area contributed by atoms with Gasteiger partial charge in [-0.05, 0) is 18.6 Å². The minimum Gasteiger partial charge on any atom is -0.196 e. The van der Waals surface area contributed by atoms with Crippen LogP contribution < -0.4 is 0 Å². The topological polar surface area (TPSA) is 43.1 Å².